The van der Waals surface area contributed by atoms with Crippen LogP contribution in [0.15, 0.2) is 50.2 Å². The summed E-state index contributed by atoms with van der Waals surface area (Å²) < 4.78 is 20.3. The molecule has 0 aliphatic heterocycles. The molecule has 0 bridgehead atoms. The molecule has 0 aliphatic carbocycles. The van der Waals surface area contributed by atoms with E-state index in [9.17, 15) is 14.4 Å². The molecule has 134 valence electrons. The first-order valence-corrected chi connectivity index (χ1v) is 7.88. The van der Waals surface area contributed by atoms with Crippen LogP contribution in [0, 0.1) is 6.92 Å². The van der Waals surface area contributed by atoms with Crippen LogP contribution in [0.5, 0.6) is 5.75 Å². The summed E-state index contributed by atoms with van der Waals surface area (Å²) in [6.07, 6.45) is 1.77. The van der Waals surface area contributed by atoms with Crippen molar-refractivity contribution in [2.45, 2.75) is 19.8 Å². The fourth-order valence-corrected chi connectivity index (χ4v) is 2.57. The highest BCUT2D eigenvalue weighted by Gasteiger charge is 2.17. The van der Waals surface area contributed by atoms with Crippen LogP contribution in [0.1, 0.15) is 28.1 Å². The van der Waals surface area contributed by atoms with Gasteiger partial charge in [0.1, 0.15) is 11.3 Å². The van der Waals surface area contributed by atoms with Crippen LogP contribution in [-0.4, -0.2) is 19.0 Å². The Morgan fingerprint density at radius 2 is 2.00 bits per heavy atom. The lowest BCUT2D eigenvalue weighted by Gasteiger charge is -2.11. The van der Waals surface area contributed by atoms with Gasteiger partial charge in [-0.1, -0.05) is 0 Å². The fourth-order valence-electron chi connectivity index (χ4n) is 2.57. The summed E-state index contributed by atoms with van der Waals surface area (Å²) in [7, 11) is 1.30. The first kappa shape index (κ1) is 17.5. The molecular formula is C19H16O7. The van der Waals surface area contributed by atoms with Crippen LogP contribution >= 0.6 is 0 Å². The number of rotatable bonds is 5. The number of furan rings is 1. The SMILES string of the molecule is COC(=O)CCc1cc2c(C)cc(=O)oc2cc1OC(=O)c1ccco1. The van der Waals surface area contributed by atoms with E-state index in [4.69, 9.17) is 13.6 Å². The number of ether oxygens (including phenoxy) is 2. The van der Waals surface area contributed by atoms with Crippen molar-refractivity contribution >= 4 is 22.9 Å². The zero-order chi connectivity index (χ0) is 18.7. The number of hydrogen-bond donors (Lipinski definition) is 0. The molecule has 2 heterocycles. The summed E-state index contributed by atoms with van der Waals surface area (Å²) in [6.45, 7) is 1.78. The lowest BCUT2D eigenvalue weighted by Crippen LogP contribution is -2.10. The Labute approximate surface area is 148 Å². The summed E-state index contributed by atoms with van der Waals surface area (Å²) in [5.41, 5.74) is 1.12. The number of fused-ring (bicyclic) bond motifs is 1. The van der Waals surface area contributed by atoms with Crippen molar-refractivity contribution in [3.8, 4) is 5.75 Å². The van der Waals surface area contributed by atoms with E-state index >= 15 is 0 Å². The van der Waals surface area contributed by atoms with E-state index in [0.29, 0.717) is 23.0 Å². The van der Waals surface area contributed by atoms with Gasteiger partial charge in [-0.3, -0.25) is 4.79 Å². The molecule has 7 heteroatoms. The molecule has 0 aliphatic rings. The second kappa shape index (κ2) is 7.26. The van der Waals surface area contributed by atoms with Gasteiger partial charge in [0.25, 0.3) is 0 Å². The quantitative estimate of drug-likeness (QED) is 0.394. The number of hydrogen-bond acceptors (Lipinski definition) is 7. The van der Waals surface area contributed by atoms with E-state index in [0.717, 1.165) is 5.56 Å². The zero-order valence-corrected chi connectivity index (χ0v) is 14.2. The minimum Gasteiger partial charge on any atom is -0.469 e. The van der Waals surface area contributed by atoms with Crippen molar-refractivity contribution in [3.63, 3.8) is 0 Å². The predicted molar refractivity (Wildman–Crippen MR) is 91.2 cm³/mol. The van der Waals surface area contributed by atoms with Gasteiger partial charge in [0, 0.05) is 23.9 Å². The Hall–Kier alpha value is -3.35. The van der Waals surface area contributed by atoms with Crippen molar-refractivity contribution in [3.05, 3.63) is 63.9 Å². The normalized spacial score (nSPS) is 10.7. The van der Waals surface area contributed by atoms with E-state index in [2.05, 4.69) is 4.74 Å². The van der Waals surface area contributed by atoms with E-state index in [1.54, 1.807) is 19.1 Å². The Balaban J connectivity index is 2.03. The van der Waals surface area contributed by atoms with Crippen molar-refractivity contribution in [1.29, 1.82) is 0 Å². The third-order valence-electron chi connectivity index (χ3n) is 3.88. The van der Waals surface area contributed by atoms with Crippen LogP contribution in [0.25, 0.3) is 11.0 Å². The molecule has 1 aromatic carbocycles. The van der Waals surface area contributed by atoms with Gasteiger partial charge in [0.15, 0.2) is 0 Å². The highest BCUT2D eigenvalue weighted by atomic mass is 16.5. The van der Waals surface area contributed by atoms with Gasteiger partial charge < -0.3 is 18.3 Å². The summed E-state index contributed by atoms with van der Waals surface area (Å²) in [4.78, 5) is 35.3. The summed E-state index contributed by atoms with van der Waals surface area (Å²) in [5.74, 6) is -0.848. The maximum atomic E-state index is 12.2. The highest BCUT2D eigenvalue weighted by molar-refractivity contribution is 5.90. The first-order valence-electron chi connectivity index (χ1n) is 7.88. The number of benzene rings is 1. The molecule has 3 aromatic rings. The molecular weight excluding hydrogens is 340 g/mol. The molecule has 0 spiro atoms. The standard InChI is InChI=1S/C19H16O7/c1-11-8-18(21)25-16-10-15(26-19(22)14-4-3-7-24-14)12(9-13(11)16)5-6-17(20)23-2/h3-4,7-10H,5-6H2,1-2H3. The van der Waals surface area contributed by atoms with Gasteiger partial charge in [-0.2, -0.15) is 0 Å². The average molecular weight is 356 g/mol. The molecule has 3 rings (SSSR count). The largest absolute Gasteiger partial charge is 0.469 e. The molecule has 0 unspecified atom stereocenters. The molecule has 2 aromatic heterocycles. The molecule has 0 radical (unpaired) electrons. The van der Waals surface area contributed by atoms with Crippen LogP contribution in [0.3, 0.4) is 0 Å². The van der Waals surface area contributed by atoms with Gasteiger partial charge in [-0.05, 0) is 42.7 Å². The van der Waals surface area contributed by atoms with Gasteiger partial charge in [0.05, 0.1) is 13.4 Å². The fraction of sp³-hybridized carbons (Fsp3) is 0.211. The Bertz CT molecular complexity index is 1010. The van der Waals surface area contributed by atoms with Crippen LogP contribution < -0.4 is 10.4 Å². The highest BCUT2D eigenvalue weighted by Crippen LogP contribution is 2.29. The molecule has 26 heavy (non-hydrogen) atoms. The maximum absolute atomic E-state index is 12.2. The van der Waals surface area contributed by atoms with Gasteiger partial charge in [-0.15, -0.1) is 0 Å². The van der Waals surface area contributed by atoms with Crippen molar-refractivity contribution in [2.24, 2.45) is 0 Å². The zero-order valence-electron chi connectivity index (χ0n) is 14.2. The summed E-state index contributed by atoms with van der Waals surface area (Å²) in [6, 6.07) is 7.62. The summed E-state index contributed by atoms with van der Waals surface area (Å²) in [5, 5.41) is 0.697. The molecule has 0 saturated carbocycles. The van der Waals surface area contributed by atoms with Crippen molar-refractivity contribution in [2.75, 3.05) is 7.11 Å². The number of aryl methyl sites for hydroxylation is 2. The third-order valence-corrected chi connectivity index (χ3v) is 3.88. The van der Waals surface area contributed by atoms with Crippen LogP contribution in [-0.2, 0) is 16.0 Å². The van der Waals surface area contributed by atoms with E-state index in [1.807, 2.05) is 0 Å². The lowest BCUT2D eigenvalue weighted by molar-refractivity contribution is -0.140. The third kappa shape index (κ3) is 3.66. The monoisotopic (exact) mass is 356 g/mol. The van der Waals surface area contributed by atoms with Gasteiger partial charge in [-0.25, -0.2) is 9.59 Å². The molecule has 0 fully saturated rings. The Kier molecular flexibility index (Phi) is 4.88. The Morgan fingerprint density at radius 1 is 1.19 bits per heavy atom. The molecule has 0 atom stereocenters. The topological polar surface area (TPSA) is 96.0 Å². The molecule has 0 N–H and O–H groups in total. The second-order valence-corrected chi connectivity index (χ2v) is 5.65. The number of carbonyl (C=O) groups is 2. The Morgan fingerprint density at radius 3 is 2.69 bits per heavy atom. The van der Waals surface area contributed by atoms with Gasteiger partial charge >= 0.3 is 17.6 Å². The number of esters is 2. The second-order valence-electron chi connectivity index (χ2n) is 5.65. The first-order chi connectivity index (χ1) is 12.5. The number of carbonyl (C=O) groups excluding carboxylic acids is 2. The number of methoxy groups -OCH3 is 1. The smallest absolute Gasteiger partial charge is 0.379 e. The van der Waals surface area contributed by atoms with E-state index < -0.39 is 11.6 Å². The van der Waals surface area contributed by atoms with Crippen LogP contribution in [0.2, 0.25) is 0 Å². The average Bonchev–Trinajstić information content (AvgIpc) is 3.14. The van der Waals surface area contributed by atoms with Crippen molar-refractivity contribution in [1.82, 2.24) is 0 Å². The van der Waals surface area contributed by atoms with E-state index in [-0.39, 0.29) is 23.9 Å². The predicted octanol–water partition coefficient (Wildman–Crippen LogP) is 3.02. The summed E-state index contributed by atoms with van der Waals surface area (Å²) >= 11 is 0. The maximum Gasteiger partial charge on any atom is 0.379 e. The van der Waals surface area contributed by atoms with E-state index in [1.165, 1.54) is 31.6 Å². The van der Waals surface area contributed by atoms with Crippen LogP contribution in [0.4, 0.5) is 0 Å². The van der Waals surface area contributed by atoms with Crippen molar-refractivity contribution < 1.29 is 27.9 Å². The minimum atomic E-state index is -0.691. The lowest BCUT2D eigenvalue weighted by atomic mass is 10.0. The molecule has 0 amide bonds. The molecule has 0 saturated heterocycles. The minimum absolute atomic E-state index is 0.0368. The molecule has 7 nitrogen and oxygen atoms in total. The van der Waals surface area contributed by atoms with Gasteiger partial charge in [0.2, 0.25) is 5.76 Å².